The Labute approximate surface area is 81.8 Å². The van der Waals surface area contributed by atoms with E-state index in [-0.39, 0.29) is 0 Å². The molecule has 1 aliphatic heterocycles. The van der Waals surface area contributed by atoms with Gasteiger partial charge in [-0.25, -0.2) is 0 Å². The molecule has 1 aliphatic carbocycles. The molecule has 2 rings (SSSR count). The molecule has 0 unspecified atom stereocenters. The zero-order valence-electron chi connectivity index (χ0n) is 9.19. The molecular weight excluding hydrogens is 158 g/mol. The minimum atomic E-state index is 0.375. The summed E-state index contributed by atoms with van der Waals surface area (Å²) in [6.07, 6.45) is 5.49. The number of hydrogen-bond donors (Lipinski definition) is 0. The summed E-state index contributed by atoms with van der Waals surface area (Å²) in [5.74, 6) is 0. The lowest BCUT2D eigenvalue weighted by atomic mass is 9.97. The number of piperidine rings is 1. The Morgan fingerprint density at radius 1 is 0.846 bits per heavy atom. The summed E-state index contributed by atoms with van der Waals surface area (Å²) in [4.78, 5) is 2.61. The summed E-state index contributed by atoms with van der Waals surface area (Å²) in [7, 11) is 0. The molecule has 1 heteroatoms. The predicted molar refractivity (Wildman–Crippen MR) is 56.8 cm³/mol. The van der Waals surface area contributed by atoms with Gasteiger partial charge in [-0.15, -0.1) is 0 Å². The normalized spacial score (nSPS) is 25.2. The van der Waals surface area contributed by atoms with Gasteiger partial charge in [-0.2, -0.15) is 0 Å². The minimum Gasteiger partial charge on any atom is -0.298 e. The molecule has 0 radical (unpaired) electrons. The number of likely N-dealkylation sites (tertiary alicyclic amines) is 1. The molecule has 0 aromatic heterocycles. The first-order valence-corrected chi connectivity index (χ1v) is 5.52. The molecule has 13 heavy (non-hydrogen) atoms. The van der Waals surface area contributed by atoms with E-state index in [0.29, 0.717) is 5.54 Å². The molecule has 0 aromatic carbocycles. The van der Waals surface area contributed by atoms with Crippen molar-refractivity contribution in [2.75, 3.05) is 13.1 Å². The molecule has 1 heterocycles. The van der Waals surface area contributed by atoms with Gasteiger partial charge >= 0.3 is 0 Å². The number of hydrogen-bond acceptors (Lipinski definition) is 1. The molecule has 0 amide bonds. The van der Waals surface area contributed by atoms with Crippen LogP contribution >= 0.6 is 0 Å². The quantitative estimate of drug-likeness (QED) is 0.517. The highest BCUT2D eigenvalue weighted by Crippen LogP contribution is 2.36. The predicted octanol–water partition coefficient (Wildman–Crippen LogP) is 2.97. The average molecular weight is 179 g/mol. The lowest BCUT2D eigenvalue weighted by Gasteiger charge is -2.39. The van der Waals surface area contributed by atoms with Crippen LogP contribution in [0.1, 0.15) is 46.5 Å². The van der Waals surface area contributed by atoms with E-state index in [9.17, 15) is 0 Å². The molecular formula is C12H21N. The SMILES string of the molecule is CC(C)(C)N1CCC(=C2CC2)CC1. The summed E-state index contributed by atoms with van der Waals surface area (Å²) < 4.78 is 0. The first kappa shape index (κ1) is 9.26. The number of nitrogens with zero attached hydrogens (tertiary/aromatic N) is 1. The zero-order valence-corrected chi connectivity index (χ0v) is 9.19. The van der Waals surface area contributed by atoms with Crippen molar-refractivity contribution >= 4 is 0 Å². The van der Waals surface area contributed by atoms with E-state index < -0.39 is 0 Å². The van der Waals surface area contributed by atoms with Gasteiger partial charge in [0.05, 0.1) is 0 Å². The van der Waals surface area contributed by atoms with Gasteiger partial charge in [0.25, 0.3) is 0 Å². The number of rotatable bonds is 0. The summed E-state index contributed by atoms with van der Waals surface area (Å²) in [5.41, 5.74) is 3.95. The summed E-state index contributed by atoms with van der Waals surface area (Å²) >= 11 is 0. The molecule has 2 fully saturated rings. The molecule has 0 N–H and O–H groups in total. The molecule has 0 spiro atoms. The smallest absolute Gasteiger partial charge is 0.0125 e. The Bertz CT molecular complexity index is 216. The lowest BCUT2D eigenvalue weighted by Crippen LogP contribution is -2.44. The van der Waals surface area contributed by atoms with E-state index in [4.69, 9.17) is 0 Å². The molecule has 0 atom stereocenters. The molecule has 2 aliphatic rings. The van der Waals surface area contributed by atoms with Crippen molar-refractivity contribution in [2.24, 2.45) is 0 Å². The Morgan fingerprint density at radius 3 is 1.69 bits per heavy atom. The van der Waals surface area contributed by atoms with E-state index >= 15 is 0 Å². The van der Waals surface area contributed by atoms with Gasteiger partial charge in [0.2, 0.25) is 0 Å². The van der Waals surface area contributed by atoms with E-state index in [0.717, 1.165) is 0 Å². The van der Waals surface area contributed by atoms with Gasteiger partial charge in [0.15, 0.2) is 0 Å². The van der Waals surface area contributed by atoms with Crippen LogP contribution in [0.3, 0.4) is 0 Å². The van der Waals surface area contributed by atoms with Crippen LogP contribution in [-0.4, -0.2) is 23.5 Å². The third kappa shape index (κ3) is 2.14. The Kier molecular flexibility index (Phi) is 2.23. The van der Waals surface area contributed by atoms with Crippen LogP contribution < -0.4 is 0 Å². The monoisotopic (exact) mass is 179 g/mol. The van der Waals surface area contributed by atoms with Gasteiger partial charge in [0, 0.05) is 18.6 Å². The van der Waals surface area contributed by atoms with Crippen LogP contribution in [0.4, 0.5) is 0 Å². The van der Waals surface area contributed by atoms with Crippen LogP contribution in [0, 0.1) is 0 Å². The van der Waals surface area contributed by atoms with Crippen LogP contribution in [0.2, 0.25) is 0 Å². The van der Waals surface area contributed by atoms with Crippen molar-refractivity contribution in [1.29, 1.82) is 0 Å². The van der Waals surface area contributed by atoms with Crippen molar-refractivity contribution in [1.82, 2.24) is 4.90 Å². The fourth-order valence-electron chi connectivity index (χ4n) is 2.22. The third-order valence-electron chi connectivity index (χ3n) is 3.32. The Hall–Kier alpha value is -0.300. The summed E-state index contributed by atoms with van der Waals surface area (Å²) in [6, 6.07) is 0. The summed E-state index contributed by atoms with van der Waals surface area (Å²) in [5, 5.41) is 0. The van der Waals surface area contributed by atoms with Crippen molar-refractivity contribution in [2.45, 2.75) is 52.0 Å². The highest BCUT2D eigenvalue weighted by atomic mass is 15.2. The van der Waals surface area contributed by atoms with E-state index in [1.807, 2.05) is 0 Å². The summed E-state index contributed by atoms with van der Waals surface area (Å²) in [6.45, 7) is 9.53. The average Bonchev–Trinajstić information content (AvgIpc) is 2.85. The van der Waals surface area contributed by atoms with Gasteiger partial charge in [-0.1, -0.05) is 11.1 Å². The van der Waals surface area contributed by atoms with Crippen LogP contribution in [-0.2, 0) is 0 Å². The molecule has 74 valence electrons. The van der Waals surface area contributed by atoms with Crippen LogP contribution in [0.15, 0.2) is 11.1 Å². The largest absolute Gasteiger partial charge is 0.298 e. The third-order valence-corrected chi connectivity index (χ3v) is 3.32. The van der Waals surface area contributed by atoms with E-state index in [2.05, 4.69) is 25.7 Å². The maximum absolute atomic E-state index is 2.61. The van der Waals surface area contributed by atoms with Crippen LogP contribution in [0.5, 0.6) is 0 Å². The Morgan fingerprint density at radius 2 is 1.31 bits per heavy atom. The standard InChI is InChI=1S/C12H21N/c1-12(2,3)13-8-6-11(7-9-13)10-4-5-10/h4-9H2,1-3H3. The molecule has 1 nitrogen and oxygen atoms in total. The highest BCUT2D eigenvalue weighted by molar-refractivity contribution is 5.26. The van der Waals surface area contributed by atoms with Crippen LogP contribution in [0.25, 0.3) is 0 Å². The second-order valence-corrected chi connectivity index (χ2v) is 5.36. The lowest BCUT2D eigenvalue weighted by molar-refractivity contribution is 0.126. The fraction of sp³-hybridized carbons (Fsp3) is 0.833. The van der Waals surface area contributed by atoms with E-state index in [1.165, 1.54) is 38.8 Å². The van der Waals surface area contributed by atoms with Crippen molar-refractivity contribution in [3.05, 3.63) is 11.1 Å². The maximum Gasteiger partial charge on any atom is 0.0125 e. The number of allylic oxidation sites excluding steroid dienone is 1. The minimum absolute atomic E-state index is 0.375. The van der Waals surface area contributed by atoms with Gasteiger partial charge in [-0.3, -0.25) is 4.90 Å². The molecule has 1 saturated heterocycles. The molecule has 0 bridgehead atoms. The molecule has 0 aromatic rings. The second kappa shape index (κ2) is 3.13. The van der Waals surface area contributed by atoms with Crippen molar-refractivity contribution < 1.29 is 0 Å². The van der Waals surface area contributed by atoms with Crippen molar-refractivity contribution in [3.8, 4) is 0 Å². The maximum atomic E-state index is 2.61. The first-order valence-electron chi connectivity index (χ1n) is 5.52. The second-order valence-electron chi connectivity index (χ2n) is 5.36. The van der Waals surface area contributed by atoms with Gasteiger partial charge in [0.1, 0.15) is 0 Å². The van der Waals surface area contributed by atoms with Gasteiger partial charge < -0.3 is 0 Å². The topological polar surface area (TPSA) is 3.24 Å². The van der Waals surface area contributed by atoms with Gasteiger partial charge in [-0.05, 0) is 46.5 Å². The zero-order chi connectivity index (χ0) is 9.47. The van der Waals surface area contributed by atoms with Crippen molar-refractivity contribution in [3.63, 3.8) is 0 Å². The Balaban J connectivity index is 1.93. The fourth-order valence-corrected chi connectivity index (χ4v) is 2.22. The van der Waals surface area contributed by atoms with E-state index in [1.54, 1.807) is 11.1 Å². The highest BCUT2D eigenvalue weighted by Gasteiger charge is 2.27. The molecule has 1 saturated carbocycles. The first-order chi connectivity index (χ1) is 6.07.